The number of rotatable bonds is 7. The molecule has 1 amide bonds. The van der Waals surface area contributed by atoms with E-state index in [1.807, 2.05) is 6.07 Å². The normalized spacial score (nSPS) is 13.9. The van der Waals surface area contributed by atoms with Crippen molar-refractivity contribution in [1.29, 1.82) is 0 Å². The van der Waals surface area contributed by atoms with Crippen LogP contribution < -0.4 is 10.0 Å². The Bertz CT molecular complexity index is 1200. The number of sulfonamides is 1. The highest BCUT2D eigenvalue weighted by Crippen LogP contribution is 2.24. The maximum absolute atomic E-state index is 13.7. The van der Waals surface area contributed by atoms with Gasteiger partial charge in [0.05, 0.1) is 4.90 Å². The number of halogens is 1. The van der Waals surface area contributed by atoms with Crippen molar-refractivity contribution >= 4 is 32.4 Å². The largest absolute Gasteiger partial charge is 0.298 e. The van der Waals surface area contributed by atoms with Gasteiger partial charge in [-0.05, 0) is 55.2 Å². The molecule has 0 bridgehead atoms. The van der Waals surface area contributed by atoms with Gasteiger partial charge in [0.1, 0.15) is 5.82 Å². The molecule has 0 spiro atoms. The summed E-state index contributed by atoms with van der Waals surface area (Å²) in [6.45, 7) is 1.71. The van der Waals surface area contributed by atoms with Gasteiger partial charge in [-0.15, -0.1) is 11.3 Å². The molecule has 1 saturated carbocycles. The first-order valence-corrected chi connectivity index (χ1v) is 11.7. The topological polar surface area (TPSA) is 88.2 Å². The number of hydrogen-bond donors (Lipinski definition) is 2. The number of carbonyl (C=O) groups excluding carboxylic acids is 1. The van der Waals surface area contributed by atoms with Crippen molar-refractivity contribution in [3.8, 4) is 0 Å². The Balaban J connectivity index is 1.44. The summed E-state index contributed by atoms with van der Waals surface area (Å²) in [6.07, 6.45) is 3.81. The van der Waals surface area contributed by atoms with Crippen LogP contribution in [0.5, 0.6) is 0 Å². The fourth-order valence-corrected chi connectivity index (χ4v) is 5.05. The first kappa shape index (κ1) is 20.6. The van der Waals surface area contributed by atoms with E-state index in [-0.39, 0.29) is 22.3 Å². The molecule has 156 valence electrons. The second kappa shape index (κ2) is 8.25. The van der Waals surface area contributed by atoms with Crippen molar-refractivity contribution < 1.29 is 17.6 Å². The SMILES string of the molecule is Cc1ccc(Cc2cnc(NC(=O)c3cccc(S(=O)(=O)NC4CC4)c3)s2)cc1F. The lowest BCUT2D eigenvalue weighted by Gasteiger charge is -2.07. The molecule has 1 heterocycles. The van der Waals surface area contributed by atoms with Crippen LogP contribution in [-0.2, 0) is 16.4 Å². The number of hydrogen-bond acceptors (Lipinski definition) is 5. The van der Waals surface area contributed by atoms with Gasteiger partial charge in [0.25, 0.3) is 5.91 Å². The highest BCUT2D eigenvalue weighted by Gasteiger charge is 2.28. The predicted molar refractivity (Wildman–Crippen MR) is 114 cm³/mol. The lowest BCUT2D eigenvalue weighted by Crippen LogP contribution is -2.26. The number of anilines is 1. The third-order valence-corrected chi connectivity index (χ3v) is 7.13. The number of nitrogens with zero attached hydrogens (tertiary/aromatic N) is 1. The minimum absolute atomic E-state index is 0.0109. The van der Waals surface area contributed by atoms with Crippen LogP contribution in [0.15, 0.2) is 53.6 Å². The van der Waals surface area contributed by atoms with Gasteiger partial charge in [-0.3, -0.25) is 10.1 Å². The number of carbonyl (C=O) groups is 1. The van der Waals surface area contributed by atoms with E-state index in [2.05, 4.69) is 15.0 Å². The average Bonchev–Trinajstić information content (AvgIpc) is 3.41. The van der Waals surface area contributed by atoms with Crippen molar-refractivity contribution in [2.24, 2.45) is 0 Å². The van der Waals surface area contributed by atoms with Crippen LogP contribution in [0.4, 0.5) is 9.52 Å². The second-order valence-electron chi connectivity index (χ2n) is 7.27. The summed E-state index contributed by atoms with van der Waals surface area (Å²) >= 11 is 1.29. The Hall–Kier alpha value is -2.62. The van der Waals surface area contributed by atoms with Crippen LogP contribution >= 0.6 is 11.3 Å². The van der Waals surface area contributed by atoms with Gasteiger partial charge in [0, 0.05) is 29.1 Å². The Labute approximate surface area is 178 Å². The summed E-state index contributed by atoms with van der Waals surface area (Å²) < 4.78 is 41.0. The molecular weight excluding hydrogens is 425 g/mol. The molecule has 1 fully saturated rings. The molecule has 1 aromatic heterocycles. The zero-order valence-corrected chi connectivity index (χ0v) is 17.8. The zero-order valence-electron chi connectivity index (χ0n) is 16.2. The van der Waals surface area contributed by atoms with Crippen LogP contribution in [0, 0.1) is 12.7 Å². The molecule has 30 heavy (non-hydrogen) atoms. The summed E-state index contributed by atoms with van der Waals surface area (Å²) in [7, 11) is -3.64. The monoisotopic (exact) mass is 445 g/mol. The molecule has 0 atom stereocenters. The van der Waals surface area contributed by atoms with Gasteiger partial charge in [0.2, 0.25) is 10.0 Å². The van der Waals surface area contributed by atoms with E-state index in [0.29, 0.717) is 17.1 Å². The van der Waals surface area contributed by atoms with E-state index < -0.39 is 15.9 Å². The Morgan fingerprint density at radius 1 is 1.23 bits per heavy atom. The zero-order chi connectivity index (χ0) is 21.3. The second-order valence-corrected chi connectivity index (χ2v) is 10.1. The fraction of sp³-hybridized carbons (Fsp3) is 0.238. The van der Waals surface area contributed by atoms with Gasteiger partial charge >= 0.3 is 0 Å². The van der Waals surface area contributed by atoms with Crippen molar-refractivity contribution in [2.75, 3.05) is 5.32 Å². The van der Waals surface area contributed by atoms with Crippen molar-refractivity contribution in [2.45, 2.75) is 37.1 Å². The predicted octanol–water partition coefficient (Wildman–Crippen LogP) is 3.87. The van der Waals surface area contributed by atoms with Crippen LogP contribution in [-0.4, -0.2) is 25.4 Å². The Morgan fingerprint density at radius 2 is 2.03 bits per heavy atom. The maximum Gasteiger partial charge on any atom is 0.257 e. The van der Waals surface area contributed by atoms with Crippen molar-refractivity contribution in [3.05, 3.63) is 76.0 Å². The van der Waals surface area contributed by atoms with Crippen molar-refractivity contribution in [3.63, 3.8) is 0 Å². The standard InChI is InChI=1S/C21H20FN3O3S2/c1-13-5-6-14(10-19(13)22)9-17-12-23-21(29-17)24-20(26)15-3-2-4-18(11-15)30(27,28)25-16-7-8-16/h2-6,10-12,16,25H,7-9H2,1H3,(H,23,24,26). The quantitative estimate of drug-likeness (QED) is 0.578. The molecule has 2 aromatic carbocycles. The summed E-state index contributed by atoms with van der Waals surface area (Å²) in [5, 5.41) is 3.09. The smallest absolute Gasteiger partial charge is 0.257 e. The van der Waals surface area contributed by atoms with Crippen LogP contribution in [0.2, 0.25) is 0 Å². The highest BCUT2D eigenvalue weighted by atomic mass is 32.2. The van der Waals surface area contributed by atoms with E-state index in [0.717, 1.165) is 23.3 Å². The molecule has 9 heteroatoms. The number of amides is 1. The van der Waals surface area contributed by atoms with Crippen LogP contribution in [0.1, 0.15) is 39.2 Å². The number of benzene rings is 2. The first-order valence-electron chi connectivity index (χ1n) is 9.44. The van der Waals surface area contributed by atoms with E-state index in [1.165, 1.54) is 35.6 Å². The van der Waals surface area contributed by atoms with E-state index >= 15 is 0 Å². The van der Waals surface area contributed by atoms with Gasteiger partial charge in [-0.1, -0.05) is 18.2 Å². The highest BCUT2D eigenvalue weighted by molar-refractivity contribution is 7.89. The molecule has 0 saturated heterocycles. The lowest BCUT2D eigenvalue weighted by atomic mass is 10.1. The third kappa shape index (κ3) is 4.92. The molecule has 1 aliphatic carbocycles. The van der Waals surface area contributed by atoms with Gasteiger partial charge in [0.15, 0.2) is 5.13 Å². The van der Waals surface area contributed by atoms with Crippen molar-refractivity contribution in [1.82, 2.24) is 9.71 Å². The number of thiazole rings is 1. The molecule has 0 aliphatic heterocycles. The minimum Gasteiger partial charge on any atom is -0.298 e. The minimum atomic E-state index is -3.64. The summed E-state index contributed by atoms with van der Waals surface area (Å²) in [5.74, 6) is -0.697. The first-order chi connectivity index (χ1) is 14.3. The number of nitrogens with one attached hydrogen (secondary N) is 2. The van der Waals surface area contributed by atoms with E-state index in [1.54, 1.807) is 25.3 Å². The fourth-order valence-electron chi connectivity index (χ4n) is 2.86. The molecule has 6 nitrogen and oxygen atoms in total. The Kier molecular flexibility index (Phi) is 5.68. The summed E-state index contributed by atoms with van der Waals surface area (Å²) in [4.78, 5) is 17.7. The lowest BCUT2D eigenvalue weighted by molar-refractivity contribution is 0.102. The average molecular weight is 446 g/mol. The molecule has 3 aromatic rings. The Morgan fingerprint density at radius 3 is 2.77 bits per heavy atom. The third-order valence-electron chi connectivity index (χ3n) is 4.69. The maximum atomic E-state index is 13.7. The van der Waals surface area contributed by atoms with E-state index in [4.69, 9.17) is 0 Å². The van der Waals surface area contributed by atoms with Gasteiger partial charge in [-0.2, -0.15) is 0 Å². The van der Waals surface area contributed by atoms with Gasteiger partial charge < -0.3 is 0 Å². The van der Waals surface area contributed by atoms with Gasteiger partial charge in [-0.25, -0.2) is 22.5 Å². The summed E-state index contributed by atoms with van der Waals surface area (Å²) in [5.41, 5.74) is 1.64. The van der Waals surface area contributed by atoms with Crippen LogP contribution in [0.25, 0.3) is 0 Å². The molecule has 0 unspecified atom stereocenters. The molecular formula is C21H20FN3O3S2. The molecule has 1 aliphatic rings. The molecule has 0 radical (unpaired) electrons. The molecule has 4 rings (SSSR count). The molecule has 2 N–H and O–H groups in total. The van der Waals surface area contributed by atoms with Crippen LogP contribution in [0.3, 0.4) is 0 Å². The number of aromatic nitrogens is 1. The summed E-state index contributed by atoms with van der Waals surface area (Å²) in [6, 6.07) is 11.0. The number of aryl methyl sites for hydroxylation is 1. The van der Waals surface area contributed by atoms with E-state index in [9.17, 15) is 17.6 Å².